The van der Waals surface area contributed by atoms with E-state index in [1.165, 1.54) is 18.5 Å². The summed E-state index contributed by atoms with van der Waals surface area (Å²) < 4.78 is 19.6. The summed E-state index contributed by atoms with van der Waals surface area (Å²) in [6.07, 6.45) is 3.04. The lowest BCUT2D eigenvalue weighted by atomic mass is 10.1. The summed E-state index contributed by atoms with van der Waals surface area (Å²) in [4.78, 5) is 3.93. The van der Waals surface area contributed by atoms with Crippen molar-refractivity contribution in [2.24, 2.45) is 0 Å². The highest BCUT2D eigenvalue weighted by molar-refractivity contribution is 6.30. The van der Waals surface area contributed by atoms with Crippen LogP contribution in [0.25, 0.3) is 0 Å². The minimum atomic E-state index is -0.311. The highest BCUT2D eigenvalue weighted by Gasteiger charge is 2.16. The van der Waals surface area contributed by atoms with E-state index in [2.05, 4.69) is 10.3 Å². The van der Waals surface area contributed by atoms with E-state index in [-0.39, 0.29) is 11.9 Å². The zero-order valence-corrected chi connectivity index (χ0v) is 11.4. The second-order valence-corrected chi connectivity index (χ2v) is 4.54. The second kappa shape index (κ2) is 5.99. The summed E-state index contributed by atoms with van der Waals surface area (Å²) in [6.45, 7) is 1.86. The first-order chi connectivity index (χ1) is 9.11. The molecule has 1 aromatic carbocycles. The standard InChI is InChI=1S/C14H14ClFN2O/c1-9(17-2)14-12(16)4-3-5-13(14)19-11-6-10(15)7-18-8-11/h3-9,17H,1-2H3. The van der Waals surface area contributed by atoms with Crippen LogP contribution in [-0.4, -0.2) is 12.0 Å². The number of pyridine rings is 1. The van der Waals surface area contributed by atoms with Crippen LogP contribution >= 0.6 is 11.6 Å². The molecular weight excluding hydrogens is 267 g/mol. The molecule has 1 aromatic heterocycles. The summed E-state index contributed by atoms with van der Waals surface area (Å²) in [5.41, 5.74) is 0.477. The van der Waals surface area contributed by atoms with Gasteiger partial charge in [-0.3, -0.25) is 4.98 Å². The molecule has 2 aromatic rings. The average molecular weight is 281 g/mol. The van der Waals surface area contributed by atoms with Gasteiger partial charge in [0.25, 0.3) is 0 Å². The average Bonchev–Trinajstić information content (AvgIpc) is 2.38. The highest BCUT2D eigenvalue weighted by Crippen LogP contribution is 2.31. The first-order valence-corrected chi connectivity index (χ1v) is 6.23. The zero-order valence-electron chi connectivity index (χ0n) is 10.7. The minimum absolute atomic E-state index is 0.164. The van der Waals surface area contributed by atoms with Crippen LogP contribution < -0.4 is 10.1 Å². The van der Waals surface area contributed by atoms with E-state index >= 15 is 0 Å². The molecule has 0 amide bonds. The van der Waals surface area contributed by atoms with Crippen molar-refractivity contribution in [3.8, 4) is 11.5 Å². The van der Waals surface area contributed by atoms with Crippen molar-refractivity contribution in [1.82, 2.24) is 10.3 Å². The van der Waals surface area contributed by atoms with Crippen LogP contribution in [0.2, 0.25) is 5.02 Å². The summed E-state index contributed by atoms with van der Waals surface area (Å²) in [5, 5.41) is 3.47. The first-order valence-electron chi connectivity index (χ1n) is 5.86. The van der Waals surface area contributed by atoms with Crippen LogP contribution in [0.15, 0.2) is 36.7 Å². The number of rotatable bonds is 4. The van der Waals surface area contributed by atoms with Crippen molar-refractivity contribution >= 4 is 11.6 Å². The SMILES string of the molecule is CNC(C)c1c(F)cccc1Oc1cncc(Cl)c1. The van der Waals surface area contributed by atoms with Gasteiger partial charge >= 0.3 is 0 Å². The topological polar surface area (TPSA) is 34.1 Å². The summed E-state index contributed by atoms with van der Waals surface area (Å²) in [7, 11) is 1.77. The van der Waals surface area contributed by atoms with Gasteiger partial charge in [-0.1, -0.05) is 17.7 Å². The molecule has 0 saturated carbocycles. The summed E-state index contributed by atoms with van der Waals surface area (Å²) in [6, 6.07) is 6.20. The van der Waals surface area contributed by atoms with Gasteiger partial charge in [0.05, 0.1) is 11.2 Å². The maximum absolute atomic E-state index is 13.9. The number of ether oxygens (including phenoxy) is 1. The Bertz CT molecular complexity index is 577. The lowest BCUT2D eigenvalue weighted by Gasteiger charge is -2.17. The van der Waals surface area contributed by atoms with Crippen molar-refractivity contribution in [2.75, 3.05) is 7.05 Å². The minimum Gasteiger partial charge on any atom is -0.455 e. The number of halogens is 2. The van der Waals surface area contributed by atoms with Gasteiger partial charge in [0.1, 0.15) is 17.3 Å². The van der Waals surface area contributed by atoms with E-state index in [1.807, 2.05) is 6.92 Å². The molecular formula is C14H14ClFN2O. The molecule has 1 heterocycles. The largest absolute Gasteiger partial charge is 0.455 e. The predicted molar refractivity (Wildman–Crippen MR) is 73.2 cm³/mol. The van der Waals surface area contributed by atoms with Gasteiger partial charge in [0, 0.05) is 23.9 Å². The molecule has 0 fully saturated rings. The molecule has 0 radical (unpaired) electrons. The van der Waals surface area contributed by atoms with Gasteiger partial charge in [-0.15, -0.1) is 0 Å². The van der Waals surface area contributed by atoms with Crippen LogP contribution in [0, 0.1) is 5.82 Å². The fourth-order valence-corrected chi connectivity index (χ4v) is 1.91. The second-order valence-electron chi connectivity index (χ2n) is 4.10. The van der Waals surface area contributed by atoms with Crippen LogP contribution in [0.1, 0.15) is 18.5 Å². The van der Waals surface area contributed by atoms with Crippen molar-refractivity contribution < 1.29 is 9.13 Å². The third-order valence-corrected chi connectivity index (χ3v) is 2.99. The number of benzene rings is 1. The fraction of sp³-hybridized carbons (Fsp3) is 0.214. The van der Waals surface area contributed by atoms with E-state index in [1.54, 1.807) is 25.2 Å². The van der Waals surface area contributed by atoms with E-state index < -0.39 is 0 Å². The van der Waals surface area contributed by atoms with Crippen molar-refractivity contribution in [2.45, 2.75) is 13.0 Å². The lowest BCUT2D eigenvalue weighted by molar-refractivity contribution is 0.451. The van der Waals surface area contributed by atoms with Crippen molar-refractivity contribution in [3.63, 3.8) is 0 Å². The molecule has 0 aliphatic heterocycles. The molecule has 1 unspecified atom stereocenters. The molecule has 3 nitrogen and oxygen atoms in total. The molecule has 0 bridgehead atoms. The molecule has 1 N–H and O–H groups in total. The van der Waals surface area contributed by atoms with Crippen LogP contribution in [0.4, 0.5) is 4.39 Å². The van der Waals surface area contributed by atoms with E-state index in [0.717, 1.165) is 0 Å². The maximum Gasteiger partial charge on any atom is 0.147 e. The Labute approximate surface area is 116 Å². The van der Waals surface area contributed by atoms with Crippen LogP contribution in [0.3, 0.4) is 0 Å². The fourth-order valence-electron chi connectivity index (χ4n) is 1.75. The molecule has 100 valence electrons. The van der Waals surface area contributed by atoms with Gasteiger partial charge in [-0.25, -0.2) is 4.39 Å². The smallest absolute Gasteiger partial charge is 0.147 e. The molecule has 19 heavy (non-hydrogen) atoms. The van der Waals surface area contributed by atoms with E-state index in [4.69, 9.17) is 16.3 Å². The number of nitrogens with zero attached hydrogens (tertiary/aromatic N) is 1. The van der Waals surface area contributed by atoms with E-state index in [0.29, 0.717) is 22.1 Å². The number of aromatic nitrogens is 1. The van der Waals surface area contributed by atoms with Crippen molar-refractivity contribution in [3.05, 3.63) is 53.1 Å². The molecule has 0 spiro atoms. The Morgan fingerprint density at radius 1 is 1.37 bits per heavy atom. The summed E-state index contributed by atoms with van der Waals surface area (Å²) >= 11 is 5.84. The Balaban J connectivity index is 2.37. The predicted octanol–water partition coefficient (Wildman–Crippen LogP) is 3.95. The molecule has 0 aliphatic carbocycles. The van der Waals surface area contributed by atoms with Gasteiger partial charge in [-0.05, 0) is 26.1 Å². The molecule has 2 rings (SSSR count). The number of hydrogen-bond acceptors (Lipinski definition) is 3. The maximum atomic E-state index is 13.9. The Morgan fingerprint density at radius 2 is 2.16 bits per heavy atom. The molecule has 0 saturated heterocycles. The van der Waals surface area contributed by atoms with Gasteiger partial charge in [0.15, 0.2) is 0 Å². The highest BCUT2D eigenvalue weighted by atomic mass is 35.5. The third kappa shape index (κ3) is 3.22. The lowest BCUT2D eigenvalue weighted by Crippen LogP contribution is -2.14. The zero-order chi connectivity index (χ0) is 13.8. The van der Waals surface area contributed by atoms with Crippen LogP contribution in [-0.2, 0) is 0 Å². The quantitative estimate of drug-likeness (QED) is 0.921. The van der Waals surface area contributed by atoms with Gasteiger partial charge < -0.3 is 10.1 Å². The molecule has 0 aliphatic rings. The Hall–Kier alpha value is -1.65. The first kappa shape index (κ1) is 13.8. The van der Waals surface area contributed by atoms with Gasteiger partial charge in [-0.2, -0.15) is 0 Å². The normalized spacial score (nSPS) is 12.2. The van der Waals surface area contributed by atoms with Gasteiger partial charge in [0.2, 0.25) is 0 Å². The summed E-state index contributed by atoms with van der Waals surface area (Å²) in [5.74, 6) is 0.614. The van der Waals surface area contributed by atoms with Crippen LogP contribution in [0.5, 0.6) is 11.5 Å². The monoisotopic (exact) mass is 280 g/mol. The molecule has 1 atom stereocenters. The third-order valence-electron chi connectivity index (χ3n) is 2.79. The Kier molecular flexibility index (Phi) is 4.35. The molecule has 5 heteroatoms. The number of nitrogens with one attached hydrogen (secondary N) is 1. The Morgan fingerprint density at radius 3 is 2.84 bits per heavy atom. The van der Waals surface area contributed by atoms with E-state index in [9.17, 15) is 4.39 Å². The van der Waals surface area contributed by atoms with Crippen molar-refractivity contribution in [1.29, 1.82) is 0 Å². The number of hydrogen-bond donors (Lipinski definition) is 1.